The summed E-state index contributed by atoms with van der Waals surface area (Å²) in [6.45, 7) is 3.78. The van der Waals surface area contributed by atoms with E-state index in [1.165, 1.54) is 5.56 Å². The summed E-state index contributed by atoms with van der Waals surface area (Å²) in [7, 11) is 0. The molecule has 1 saturated heterocycles. The van der Waals surface area contributed by atoms with Crippen LogP contribution in [0.1, 0.15) is 25.3 Å². The minimum atomic E-state index is -0.166. The average Bonchev–Trinajstić information content (AvgIpc) is 3.25. The quantitative estimate of drug-likeness (QED) is 0.618. The summed E-state index contributed by atoms with van der Waals surface area (Å²) in [6, 6.07) is 13.8. The van der Waals surface area contributed by atoms with Crippen molar-refractivity contribution < 1.29 is 4.79 Å². The lowest BCUT2D eigenvalue weighted by Gasteiger charge is -2.33. The highest BCUT2D eigenvalue weighted by Gasteiger charge is 2.23. The van der Waals surface area contributed by atoms with Crippen LogP contribution >= 0.6 is 0 Å². The molecule has 1 aliphatic heterocycles. The molecule has 0 saturated carbocycles. The van der Waals surface area contributed by atoms with Gasteiger partial charge < -0.3 is 15.5 Å². The van der Waals surface area contributed by atoms with Crippen LogP contribution in [0.2, 0.25) is 0 Å². The second-order valence-corrected chi connectivity index (χ2v) is 7.31. The number of pyridine rings is 1. The van der Waals surface area contributed by atoms with E-state index in [4.69, 9.17) is 0 Å². The molecule has 2 aromatic heterocycles. The van der Waals surface area contributed by atoms with Crippen LogP contribution < -0.4 is 15.5 Å². The Morgan fingerprint density at radius 1 is 1.21 bits per heavy atom. The van der Waals surface area contributed by atoms with Crippen molar-refractivity contribution in [3.05, 3.63) is 60.4 Å². The molecule has 3 heterocycles. The molecule has 3 N–H and O–H groups in total. The van der Waals surface area contributed by atoms with Gasteiger partial charge in [0.05, 0.1) is 5.69 Å². The summed E-state index contributed by atoms with van der Waals surface area (Å²) in [6.07, 6.45) is 6.49. The number of nitrogens with zero attached hydrogens (tertiary/aromatic N) is 3. The van der Waals surface area contributed by atoms with Gasteiger partial charge in [-0.3, -0.25) is 10.1 Å². The van der Waals surface area contributed by atoms with E-state index in [0.717, 1.165) is 55.1 Å². The van der Waals surface area contributed by atoms with Crippen LogP contribution in [0.4, 0.5) is 16.3 Å². The molecule has 0 bridgehead atoms. The fourth-order valence-electron chi connectivity index (χ4n) is 3.63. The summed E-state index contributed by atoms with van der Waals surface area (Å²) >= 11 is 0. The van der Waals surface area contributed by atoms with Gasteiger partial charge in [0, 0.05) is 48.8 Å². The van der Waals surface area contributed by atoms with Crippen molar-refractivity contribution in [1.82, 2.24) is 20.5 Å². The fraction of sp³-hybridized carbons (Fsp3) is 0.318. The normalized spacial score (nSPS) is 16.4. The Labute approximate surface area is 170 Å². The number of aryl methyl sites for hydroxylation is 1. The zero-order valence-electron chi connectivity index (χ0n) is 16.6. The van der Waals surface area contributed by atoms with Crippen molar-refractivity contribution >= 4 is 17.5 Å². The standard InChI is InChI=1S/C22H26N6O/c1-2-16-5-7-18(8-6-16)24-22(29)25-19-4-3-13-28(15-19)21-14-20(26-27-21)17-9-11-23-12-10-17/h5-12,14,19H,2-4,13,15H2,1H3,(H,26,27)(H2,24,25,29)/t19-/m1/s1. The van der Waals surface area contributed by atoms with Gasteiger partial charge in [0.15, 0.2) is 5.82 Å². The highest BCUT2D eigenvalue weighted by atomic mass is 16.2. The van der Waals surface area contributed by atoms with E-state index in [-0.39, 0.29) is 12.1 Å². The number of urea groups is 1. The Kier molecular flexibility index (Phi) is 5.74. The van der Waals surface area contributed by atoms with Gasteiger partial charge >= 0.3 is 6.03 Å². The number of aromatic amines is 1. The zero-order valence-corrected chi connectivity index (χ0v) is 16.6. The SMILES string of the molecule is CCc1ccc(NC(=O)N[C@@H]2CCCN(c3cc(-c4ccncc4)[nH]n3)C2)cc1. The third kappa shape index (κ3) is 4.74. The highest BCUT2D eigenvalue weighted by molar-refractivity contribution is 5.89. The third-order valence-corrected chi connectivity index (χ3v) is 5.26. The van der Waals surface area contributed by atoms with Gasteiger partial charge in [-0.15, -0.1) is 0 Å². The molecule has 1 aliphatic rings. The molecule has 7 nitrogen and oxygen atoms in total. The Balaban J connectivity index is 1.34. The molecule has 1 atom stereocenters. The maximum Gasteiger partial charge on any atom is 0.319 e. The minimum Gasteiger partial charge on any atom is -0.353 e. The first-order chi connectivity index (χ1) is 14.2. The monoisotopic (exact) mass is 390 g/mol. The van der Waals surface area contributed by atoms with Gasteiger partial charge in [-0.05, 0) is 49.1 Å². The number of benzene rings is 1. The molecule has 0 aliphatic carbocycles. The van der Waals surface area contributed by atoms with Crippen molar-refractivity contribution in [2.45, 2.75) is 32.2 Å². The van der Waals surface area contributed by atoms with E-state index >= 15 is 0 Å². The topological polar surface area (TPSA) is 85.9 Å². The minimum absolute atomic E-state index is 0.0831. The maximum atomic E-state index is 12.4. The molecular formula is C22H26N6O. The molecule has 0 unspecified atom stereocenters. The zero-order chi connectivity index (χ0) is 20.1. The number of anilines is 2. The number of carbonyl (C=O) groups excluding carboxylic acids is 1. The summed E-state index contributed by atoms with van der Waals surface area (Å²) in [4.78, 5) is 18.7. The Hall–Kier alpha value is -3.35. The Morgan fingerprint density at radius 3 is 2.76 bits per heavy atom. The Morgan fingerprint density at radius 2 is 2.00 bits per heavy atom. The van der Waals surface area contributed by atoms with E-state index in [9.17, 15) is 4.79 Å². The number of nitrogens with one attached hydrogen (secondary N) is 3. The van der Waals surface area contributed by atoms with Crippen molar-refractivity contribution in [3.8, 4) is 11.3 Å². The number of aromatic nitrogens is 3. The van der Waals surface area contributed by atoms with E-state index in [0.29, 0.717) is 0 Å². The highest BCUT2D eigenvalue weighted by Crippen LogP contribution is 2.23. The molecule has 2 amide bonds. The smallest absolute Gasteiger partial charge is 0.319 e. The number of hydrogen-bond donors (Lipinski definition) is 3. The first-order valence-electron chi connectivity index (χ1n) is 10.1. The van der Waals surface area contributed by atoms with Gasteiger partial charge in [0.2, 0.25) is 0 Å². The second-order valence-electron chi connectivity index (χ2n) is 7.31. The lowest BCUT2D eigenvalue weighted by Crippen LogP contribution is -2.49. The molecule has 4 rings (SSSR count). The summed E-state index contributed by atoms with van der Waals surface area (Å²) in [5, 5.41) is 13.6. The summed E-state index contributed by atoms with van der Waals surface area (Å²) < 4.78 is 0. The van der Waals surface area contributed by atoms with Crippen LogP contribution in [0.25, 0.3) is 11.3 Å². The largest absolute Gasteiger partial charge is 0.353 e. The summed E-state index contributed by atoms with van der Waals surface area (Å²) in [5.74, 6) is 0.902. The van der Waals surface area contributed by atoms with Crippen molar-refractivity contribution in [1.29, 1.82) is 0 Å². The maximum absolute atomic E-state index is 12.4. The van der Waals surface area contributed by atoms with Crippen LogP contribution in [0.3, 0.4) is 0 Å². The first-order valence-corrected chi connectivity index (χ1v) is 10.1. The first kappa shape index (κ1) is 19.0. The number of carbonyl (C=O) groups is 1. The van der Waals surface area contributed by atoms with E-state index in [1.54, 1.807) is 12.4 Å². The molecule has 0 spiro atoms. The second kappa shape index (κ2) is 8.77. The number of rotatable bonds is 5. The van der Waals surface area contributed by atoms with Crippen molar-refractivity contribution in [2.24, 2.45) is 0 Å². The van der Waals surface area contributed by atoms with E-state index in [1.807, 2.05) is 42.5 Å². The lowest BCUT2D eigenvalue weighted by molar-refractivity contribution is 0.246. The summed E-state index contributed by atoms with van der Waals surface area (Å²) in [5.41, 5.74) is 4.08. The van der Waals surface area contributed by atoms with E-state index < -0.39 is 0 Å². The molecule has 7 heteroatoms. The fourth-order valence-corrected chi connectivity index (χ4v) is 3.63. The van der Waals surface area contributed by atoms with Gasteiger partial charge in [0.1, 0.15) is 0 Å². The lowest BCUT2D eigenvalue weighted by atomic mass is 10.1. The number of amides is 2. The van der Waals surface area contributed by atoms with Gasteiger partial charge in [-0.2, -0.15) is 5.10 Å². The molecule has 29 heavy (non-hydrogen) atoms. The third-order valence-electron chi connectivity index (χ3n) is 5.26. The predicted octanol–water partition coefficient (Wildman–Crippen LogP) is 3.82. The molecule has 0 radical (unpaired) electrons. The van der Waals surface area contributed by atoms with Crippen LogP contribution in [0.15, 0.2) is 54.9 Å². The van der Waals surface area contributed by atoms with Gasteiger partial charge in [0.25, 0.3) is 0 Å². The van der Waals surface area contributed by atoms with Crippen LogP contribution in [-0.4, -0.2) is 40.3 Å². The number of hydrogen-bond acceptors (Lipinski definition) is 4. The molecule has 150 valence electrons. The van der Waals surface area contributed by atoms with Gasteiger partial charge in [-0.25, -0.2) is 4.79 Å². The van der Waals surface area contributed by atoms with Crippen molar-refractivity contribution in [2.75, 3.05) is 23.3 Å². The molecular weight excluding hydrogens is 364 g/mol. The van der Waals surface area contributed by atoms with Crippen LogP contribution in [-0.2, 0) is 6.42 Å². The number of H-pyrrole nitrogens is 1. The average molecular weight is 390 g/mol. The van der Waals surface area contributed by atoms with E-state index in [2.05, 4.69) is 37.6 Å². The molecule has 1 fully saturated rings. The van der Waals surface area contributed by atoms with Crippen LogP contribution in [0.5, 0.6) is 0 Å². The van der Waals surface area contributed by atoms with Crippen LogP contribution in [0, 0.1) is 0 Å². The Bertz CT molecular complexity index is 937. The molecule has 3 aromatic rings. The predicted molar refractivity (Wildman–Crippen MR) is 115 cm³/mol. The van der Waals surface area contributed by atoms with Gasteiger partial charge in [-0.1, -0.05) is 19.1 Å². The molecule has 1 aromatic carbocycles. The number of piperidine rings is 1. The van der Waals surface area contributed by atoms with Crippen molar-refractivity contribution in [3.63, 3.8) is 0 Å².